The summed E-state index contributed by atoms with van der Waals surface area (Å²) in [5.41, 5.74) is 0.576. The van der Waals surface area contributed by atoms with Gasteiger partial charge in [-0.2, -0.15) is 0 Å². The second-order valence-electron chi connectivity index (χ2n) is 4.08. The molecule has 0 atom stereocenters. The molecule has 1 aromatic rings. The molecule has 0 radical (unpaired) electrons. The predicted octanol–water partition coefficient (Wildman–Crippen LogP) is 2.71. The van der Waals surface area contributed by atoms with E-state index < -0.39 is 0 Å². The molecule has 6 heteroatoms. The maximum absolute atomic E-state index is 11.9. The molecule has 0 unspecified atom stereocenters. The zero-order valence-corrected chi connectivity index (χ0v) is 11.9. The van der Waals surface area contributed by atoms with Gasteiger partial charge in [0.2, 0.25) is 0 Å². The highest BCUT2D eigenvalue weighted by Gasteiger charge is 2.18. The number of nitrogens with zero attached hydrogens (tertiary/aromatic N) is 1. The fraction of sp³-hybridized carbons (Fsp3) is 0.385. The minimum Gasteiger partial charge on any atom is -0.378 e. The summed E-state index contributed by atoms with van der Waals surface area (Å²) < 4.78 is 5.17. The molecule has 102 valence electrons. The highest BCUT2D eigenvalue weighted by Crippen LogP contribution is 2.15. The van der Waals surface area contributed by atoms with Gasteiger partial charge in [0.05, 0.1) is 19.0 Å². The van der Waals surface area contributed by atoms with Gasteiger partial charge in [-0.1, -0.05) is 23.4 Å². The highest BCUT2D eigenvalue weighted by molar-refractivity contribution is 8.14. The lowest BCUT2D eigenvalue weighted by Crippen LogP contribution is -2.38. The molecule has 1 fully saturated rings. The molecule has 0 saturated carbocycles. The van der Waals surface area contributed by atoms with Gasteiger partial charge in [0.1, 0.15) is 0 Å². The molecule has 1 aromatic carbocycles. The minimum absolute atomic E-state index is 0.0642. The van der Waals surface area contributed by atoms with Crippen LogP contribution in [-0.2, 0) is 4.74 Å². The SMILES string of the molecule is O=C(CSC(=O)N1CCOCC1)c1ccc(Cl)cc1. The van der Waals surface area contributed by atoms with Crippen molar-refractivity contribution >= 4 is 34.4 Å². The van der Waals surface area contributed by atoms with Crippen LogP contribution >= 0.6 is 23.4 Å². The molecule has 0 bridgehead atoms. The normalized spacial score (nSPS) is 15.3. The Morgan fingerprint density at radius 3 is 2.47 bits per heavy atom. The fourth-order valence-corrected chi connectivity index (χ4v) is 2.60. The summed E-state index contributed by atoms with van der Waals surface area (Å²) in [5.74, 6) is 0.0842. The third kappa shape index (κ3) is 4.23. The molecule has 1 heterocycles. The van der Waals surface area contributed by atoms with Crippen LogP contribution in [0.3, 0.4) is 0 Å². The number of carbonyl (C=O) groups excluding carboxylic acids is 2. The third-order valence-electron chi connectivity index (χ3n) is 2.76. The number of amides is 1. The van der Waals surface area contributed by atoms with E-state index in [0.717, 1.165) is 11.8 Å². The Hall–Kier alpha value is -1.04. The topological polar surface area (TPSA) is 46.6 Å². The van der Waals surface area contributed by atoms with E-state index in [1.807, 2.05) is 0 Å². The summed E-state index contributed by atoms with van der Waals surface area (Å²) in [6.07, 6.45) is 0. The van der Waals surface area contributed by atoms with Gasteiger partial charge in [-0.05, 0) is 24.3 Å². The molecular formula is C13H14ClNO3S. The number of hydrogen-bond acceptors (Lipinski definition) is 4. The Bertz CT molecular complexity index is 457. The maximum Gasteiger partial charge on any atom is 0.282 e. The van der Waals surface area contributed by atoms with Gasteiger partial charge >= 0.3 is 0 Å². The van der Waals surface area contributed by atoms with E-state index in [2.05, 4.69) is 0 Å². The second-order valence-corrected chi connectivity index (χ2v) is 5.45. The van der Waals surface area contributed by atoms with Gasteiger partial charge in [0, 0.05) is 23.7 Å². The van der Waals surface area contributed by atoms with Crippen LogP contribution in [0.5, 0.6) is 0 Å². The van der Waals surface area contributed by atoms with E-state index in [1.54, 1.807) is 29.2 Å². The summed E-state index contributed by atoms with van der Waals surface area (Å²) in [6, 6.07) is 6.68. The van der Waals surface area contributed by atoms with Gasteiger partial charge in [-0.3, -0.25) is 9.59 Å². The highest BCUT2D eigenvalue weighted by atomic mass is 35.5. The van der Waals surface area contributed by atoms with Crippen LogP contribution in [0.2, 0.25) is 5.02 Å². The van der Waals surface area contributed by atoms with Crippen molar-refractivity contribution in [2.75, 3.05) is 32.1 Å². The Morgan fingerprint density at radius 2 is 1.84 bits per heavy atom. The number of Topliss-reactive ketones (excluding diaryl/α,β-unsaturated/α-hetero) is 1. The smallest absolute Gasteiger partial charge is 0.282 e. The average Bonchev–Trinajstić information content (AvgIpc) is 2.46. The van der Waals surface area contributed by atoms with Crippen molar-refractivity contribution in [1.82, 2.24) is 4.90 Å². The number of hydrogen-bond donors (Lipinski definition) is 0. The third-order valence-corrected chi connectivity index (χ3v) is 3.93. The van der Waals surface area contributed by atoms with Crippen LogP contribution in [0.15, 0.2) is 24.3 Å². The zero-order chi connectivity index (χ0) is 13.7. The second kappa shape index (κ2) is 6.93. The number of benzene rings is 1. The van der Waals surface area contributed by atoms with E-state index in [-0.39, 0.29) is 16.8 Å². The standard InChI is InChI=1S/C13H14ClNO3S/c14-11-3-1-10(2-4-11)12(16)9-19-13(17)15-5-7-18-8-6-15/h1-4H,5-9H2. The average molecular weight is 300 g/mol. The quantitative estimate of drug-likeness (QED) is 0.805. The number of ether oxygens (including phenoxy) is 1. The van der Waals surface area contributed by atoms with Crippen LogP contribution in [-0.4, -0.2) is 48.0 Å². The Labute approximate surface area is 121 Å². The molecule has 0 aliphatic carbocycles. The zero-order valence-electron chi connectivity index (χ0n) is 10.3. The molecule has 19 heavy (non-hydrogen) atoms. The van der Waals surface area contributed by atoms with E-state index in [4.69, 9.17) is 16.3 Å². The monoisotopic (exact) mass is 299 g/mol. The molecule has 2 rings (SSSR count). The number of halogens is 1. The van der Waals surface area contributed by atoms with Crippen LogP contribution in [0.25, 0.3) is 0 Å². The van der Waals surface area contributed by atoms with E-state index in [0.29, 0.717) is 36.9 Å². The van der Waals surface area contributed by atoms with Crippen molar-refractivity contribution in [3.63, 3.8) is 0 Å². The first-order chi connectivity index (χ1) is 9.16. The maximum atomic E-state index is 11.9. The first-order valence-corrected chi connectivity index (χ1v) is 7.31. The summed E-state index contributed by atoms with van der Waals surface area (Å²) in [5, 5.41) is 0.527. The molecule has 0 spiro atoms. The van der Waals surface area contributed by atoms with Crippen molar-refractivity contribution in [3.8, 4) is 0 Å². The summed E-state index contributed by atoms with van der Waals surface area (Å²) >= 11 is 6.80. The fourth-order valence-electron chi connectivity index (χ4n) is 1.68. The molecular weight excluding hydrogens is 286 g/mol. The van der Waals surface area contributed by atoms with Gasteiger partial charge < -0.3 is 9.64 Å². The number of rotatable bonds is 3. The Kier molecular flexibility index (Phi) is 5.24. The number of ketones is 1. The number of carbonyl (C=O) groups is 2. The van der Waals surface area contributed by atoms with Crippen LogP contribution in [0.4, 0.5) is 4.79 Å². The van der Waals surface area contributed by atoms with Crippen LogP contribution in [0.1, 0.15) is 10.4 Å². The molecule has 0 N–H and O–H groups in total. The van der Waals surface area contributed by atoms with Crippen molar-refractivity contribution in [2.45, 2.75) is 0 Å². The minimum atomic E-state index is -0.0664. The molecule has 0 aromatic heterocycles. The van der Waals surface area contributed by atoms with Crippen molar-refractivity contribution in [1.29, 1.82) is 0 Å². The van der Waals surface area contributed by atoms with Gasteiger partial charge in [-0.15, -0.1) is 0 Å². The molecule has 1 amide bonds. The largest absolute Gasteiger partial charge is 0.378 e. The molecule has 1 aliphatic rings. The molecule has 1 saturated heterocycles. The lowest BCUT2D eigenvalue weighted by atomic mass is 10.1. The van der Waals surface area contributed by atoms with Crippen molar-refractivity contribution in [2.24, 2.45) is 0 Å². The first kappa shape index (κ1) is 14.4. The molecule has 4 nitrogen and oxygen atoms in total. The van der Waals surface area contributed by atoms with Crippen molar-refractivity contribution in [3.05, 3.63) is 34.9 Å². The summed E-state index contributed by atoms with van der Waals surface area (Å²) in [7, 11) is 0. The van der Waals surface area contributed by atoms with Crippen LogP contribution in [0, 0.1) is 0 Å². The predicted molar refractivity (Wildman–Crippen MR) is 76.0 cm³/mol. The lowest BCUT2D eigenvalue weighted by Gasteiger charge is -2.26. The van der Waals surface area contributed by atoms with E-state index in [9.17, 15) is 9.59 Å². The number of thioether (sulfide) groups is 1. The summed E-state index contributed by atoms with van der Waals surface area (Å²) in [6.45, 7) is 2.33. The van der Waals surface area contributed by atoms with Gasteiger partial charge in [0.15, 0.2) is 5.78 Å². The number of morpholine rings is 1. The summed E-state index contributed by atoms with van der Waals surface area (Å²) in [4.78, 5) is 25.4. The Balaban J connectivity index is 1.82. The molecule has 1 aliphatic heterocycles. The van der Waals surface area contributed by atoms with E-state index in [1.165, 1.54) is 0 Å². The van der Waals surface area contributed by atoms with Crippen molar-refractivity contribution < 1.29 is 14.3 Å². The first-order valence-electron chi connectivity index (χ1n) is 5.95. The van der Waals surface area contributed by atoms with Gasteiger partial charge in [0.25, 0.3) is 5.24 Å². The van der Waals surface area contributed by atoms with Gasteiger partial charge in [-0.25, -0.2) is 0 Å². The lowest BCUT2D eigenvalue weighted by molar-refractivity contribution is 0.0593. The van der Waals surface area contributed by atoms with E-state index >= 15 is 0 Å². The van der Waals surface area contributed by atoms with Crippen LogP contribution < -0.4 is 0 Å². The Morgan fingerprint density at radius 1 is 1.21 bits per heavy atom.